The zero-order valence-corrected chi connectivity index (χ0v) is 10.4. The fraction of sp³-hybridized carbons (Fsp3) is 0.538. The summed E-state index contributed by atoms with van der Waals surface area (Å²) in [7, 11) is 0. The van der Waals surface area contributed by atoms with Crippen LogP contribution in [0, 0.1) is 0 Å². The lowest BCUT2D eigenvalue weighted by Crippen LogP contribution is -2.19. The molecule has 19 heavy (non-hydrogen) atoms. The summed E-state index contributed by atoms with van der Waals surface area (Å²) in [6.07, 6.45) is -2.13. The molecule has 0 atom stereocenters. The van der Waals surface area contributed by atoms with Crippen LogP contribution in [0.15, 0.2) is 18.2 Å². The number of anilines is 1. The lowest BCUT2D eigenvalue weighted by Gasteiger charge is -2.18. The molecular weight excluding hydrogens is 259 g/mol. The predicted octanol–water partition coefficient (Wildman–Crippen LogP) is 3.00. The van der Waals surface area contributed by atoms with Crippen molar-refractivity contribution in [1.29, 1.82) is 0 Å². The fourth-order valence-electron chi connectivity index (χ4n) is 1.94. The first-order valence-electron chi connectivity index (χ1n) is 6.19. The lowest BCUT2D eigenvalue weighted by molar-refractivity contribution is -0.175. The molecule has 0 spiro atoms. The molecule has 0 aromatic heterocycles. The Bertz CT molecular complexity index is 421. The smallest absolute Gasteiger partial charge is 0.411 e. The summed E-state index contributed by atoms with van der Waals surface area (Å²) in [5.41, 5.74) is 2.28. The average molecular weight is 275 g/mol. The minimum absolute atomic E-state index is 0.0793. The van der Waals surface area contributed by atoms with Gasteiger partial charge in [0.1, 0.15) is 19.0 Å². The van der Waals surface area contributed by atoms with Crippen LogP contribution < -0.4 is 10.1 Å². The number of hydrogen-bond acceptors (Lipinski definition) is 3. The number of fused-ring (bicyclic) bond motifs is 1. The van der Waals surface area contributed by atoms with Gasteiger partial charge in [-0.15, -0.1) is 0 Å². The van der Waals surface area contributed by atoms with Crippen molar-refractivity contribution in [2.75, 3.05) is 31.7 Å². The Hall–Kier alpha value is -1.43. The summed E-state index contributed by atoms with van der Waals surface area (Å²) >= 11 is 0. The van der Waals surface area contributed by atoms with E-state index < -0.39 is 12.8 Å². The molecule has 6 heteroatoms. The first-order valence-corrected chi connectivity index (χ1v) is 6.19. The van der Waals surface area contributed by atoms with E-state index in [1.165, 1.54) is 5.56 Å². The van der Waals surface area contributed by atoms with Crippen LogP contribution in [0.1, 0.15) is 12.0 Å². The molecule has 0 fully saturated rings. The maximum atomic E-state index is 11.8. The Kier molecular flexibility index (Phi) is 4.52. The molecule has 0 saturated carbocycles. The van der Waals surface area contributed by atoms with Gasteiger partial charge >= 0.3 is 6.18 Å². The van der Waals surface area contributed by atoms with Crippen molar-refractivity contribution in [2.24, 2.45) is 0 Å². The summed E-state index contributed by atoms with van der Waals surface area (Å²) in [6.45, 7) is -0.272. The second kappa shape index (κ2) is 6.14. The second-order valence-corrected chi connectivity index (χ2v) is 4.37. The highest BCUT2D eigenvalue weighted by molar-refractivity contribution is 5.56. The van der Waals surface area contributed by atoms with Gasteiger partial charge in [-0.25, -0.2) is 0 Å². The van der Waals surface area contributed by atoms with Crippen LogP contribution in [0.3, 0.4) is 0 Å². The SMILES string of the molecule is FC(F)(F)COCCOc1ccc2c(c1)NCCC2. The summed E-state index contributed by atoms with van der Waals surface area (Å²) in [5.74, 6) is 0.642. The fourth-order valence-corrected chi connectivity index (χ4v) is 1.94. The molecule has 0 amide bonds. The quantitative estimate of drug-likeness (QED) is 0.838. The van der Waals surface area contributed by atoms with Crippen molar-refractivity contribution in [3.63, 3.8) is 0 Å². The van der Waals surface area contributed by atoms with Gasteiger partial charge in [0.05, 0.1) is 6.61 Å². The van der Waals surface area contributed by atoms with Gasteiger partial charge in [-0.05, 0) is 24.5 Å². The van der Waals surface area contributed by atoms with Crippen LogP contribution in [-0.4, -0.2) is 32.5 Å². The van der Waals surface area contributed by atoms with Crippen LogP contribution in [0.4, 0.5) is 18.9 Å². The first-order chi connectivity index (χ1) is 9.04. The standard InChI is InChI=1S/C13H16F3NO2/c14-13(15,16)9-18-6-7-19-11-4-3-10-2-1-5-17-12(10)8-11/h3-4,8,17H,1-2,5-7,9H2. The maximum absolute atomic E-state index is 11.8. The van der Waals surface area contributed by atoms with E-state index in [9.17, 15) is 13.2 Å². The number of aryl methyl sites for hydroxylation is 1. The van der Waals surface area contributed by atoms with Crippen molar-refractivity contribution in [3.05, 3.63) is 23.8 Å². The summed E-state index contributed by atoms with van der Waals surface area (Å²) in [4.78, 5) is 0. The van der Waals surface area contributed by atoms with E-state index >= 15 is 0 Å². The second-order valence-electron chi connectivity index (χ2n) is 4.37. The van der Waals surface area contributed by atoms with E-state index in [2.05, 4.69) is 10.1 Å². The molecule has 0 saturated heterocycles. The van der Waals surface area contributed by atoms with Gasteiger partial charge in [0.2, 0.25) is 0 Å². The molecule has 1 aromatic carbocycles. The number of halogens is 3. The molecule has 1 aliphatic rings. The highest BCUT2D eigenvalue weighted by atomic mass is 19.4. The molecule has 2 rings (SSSR count). The van der Waals surface area contributed by atoms with E-state index in [0.717, 1.165) is 25.1 Å². The van der Waals surface area contributed by atoms with E-state index in [1.807, 2.05) is 18.2 Å². The lowest BCUT2D eigenvalue weighted by atomic mass is 10.0. The largest absolute Gasteiger partial charge is 0.491 e. The van der Waals surface area contributed by atoms with Crippen LogP contribution in [-0.2, 0) is 11.2 Å². The molecular formula is C13H16F3NO2. The van der Waals surface area contributed by atoms with Crippen molar-refractivity contribution in [2.45, 2.75) is 19.0 Å². The average Bonchev–Trinajstić information content (AvgIpc) is 2.37. The summed E-state index contributed by atoms with van der Waals surface area (Å²) in [6, 6.07) is 5.68. The molecule has 0 unspecified atom stereocenters. The number of nitrogens with one attached hydrogen (secondary N) is 1. The number of rotatable bonds is 5. The van der Waals surface area contributed by atoms with Crippen molar-refractivity contribution in [3.8, 4) is 5.75 Å². The summed E-state index contributed by atoms with van der Waals surface area (Å²) in [5, 5.41) is 3.26. The van der Waals surface area contributed by atoms with Crippen LogP contribution in [0.5, 0.6) is 5.75 Å². The van der Waals surface area contributed by atoms with Crippen molar-refractivity contribution in [1.82, 2.24) is 0 Å². The molecule has 1 N–H and O–H groups in total. The normalized spacial score (nSPS) is 14.7. The molecule has 1 heterocycles. The molecule has 0 radical (unpaired) electrons. The minimum Gasteiger partial charge on any atom is -0.491 e. The van der Waals surface area contributed by atoms with E-state index in [0.29, 0.717) is 5.75 Å². The highest BCUT2D eigenvalue weighted by Crippen LogP contribution is 2.26. The van der Waals surface area contributed by atoms with Gasteiger partial charge in [-0.1, -0.05) is 6.07 Å². The Labute approximate surface area is 109 Å². The van der Waals surface area contributed by atoms with Gasteiger partial charge < -0.3 is 14.8 Å². The zero-order chi connectivity index (χ0) is 13.7. The number of benzene rings is 1. The van der Waals surface area contributed by atoms with Gasteiger partial charge in [-0.2, -0.15) is 13.2 Å². The van der Waals surface area contributed by atoms with Gasteiger partial charge in [-0.3, -0.25) is 0 Å². The maximum Gasteiger partial charge on any atom is 0.411 e. The minimum atomic E-state index is -4.28. The molecule has 0 bridgehead atoms. The molecule has 106 valence electrons. The van der Waals surface area contributed by atoms with Crippen LogP contribution in [0.25, 0.3) is 0 Å². The third-order valence-electron chi connectivity index (χ3n) is 2.78. The Morgan fingerprint density at radius 3 is 2.84 bits per heavy atom. The van der Waals surface area contributed by atoms with E-state index in [-0.39, 0.29) is 13.2 Å². The van der Waals surface area contributed by atoms with Crippen LogP contribution >= 0.6 is 0 Å². The zero-order valence-electron chi connectivity index (χ0n) is 10.4. The van der Waals surface area contributed by atoms with Crippen LogP contribution in [0.2, 0.25) is 0 Å². The van der Waals surface area contributed by atoms with Gasteiger partial charge in [0.25, 0.3) is 0 Å². The molecule has 1 aromatic rings. The third kappa shape index (κ3) is 4.63. The van der Waals surface area contributed by atoms with E-state index in [4.69, 9.17) is 4.74 Å². The number of alkyl halides is 3. The Morgan fingerprint density at radius 1 is 1.21 bits per heavy atom. The van der Waals surface area contributed by atoms with Crippen molar-refractivity contribution >= 4 is 5.69 Å². The van der Waals surface area contributed by atoms with Gasteiger partial charge in [0, 0.05) is 18.3 Å². The highest BCUT2D eigenvalue weighted by Gasteiger charge is 2.27. The monoisotopic (exact) mass is 275 g/mol. The number of ether oxygens (including phenoxy) is 2. The molecule has 1 aliphatic heterocycles. The number of hydrogen-bond donors (Lipinski definition) is 1. The Morgan fingerprint density at radius 2 is 2.05 bits per heavy atom. The molecule has 3 nitrogen and oxygen atoms in total. The van der Waals surface area contributed by atoms with Gasteiger partial charge in [0.15, 0.2) is 0 Å². The predicted molar refractivity (Wildman–Crippen MR) is 65.6 cm³/mol. The molecule has 0 aliphatic carbocycles. The third-order valence-corrected chi connectivity index (χ3v) is 2.78. The van der Waals surface area contributed by atoms with Crippen molar-refractivity contribution < 1.29 is 22.6 Å². The Balaban J connectivity index is 1.74. The first kappa shape index (κ1) is 14.0. The van der Waals surface area contributed by atoms with E-state index in [1.54, 1.807) is 0 Å². The topological polar surface area (TPSA) is 30.5 Å². The summed E-state index contributed by atoms with van der Waals surface area (Å²) < 4.78 is 45.3.